The van der Waals surface area contributed by atoms with E-state index in [1.807, 2.05) is 24.3 Å². The van der Waals surface area contributed by atoms with Crippen LogP contribution in [0.1, 0.15) is 15.9 Å². The Bertz CT molecular complexity index is 813. The second kappa shape index (κ2) is 5.58. The van der Waals surface area contributed by atoms with Crippen molar-refractivity contribution in [3.63, 3.8) is 0 Å². The fourth-order valence-corrected chi connectivity index (χ4v) is 2.39. The predicted molar refractivity (Wildman–Crippen MR) is 80.9 cm³/mol. The van der Waals surface area contributed by atoms with E-state index in [4.69, 9.17) is 11.6 Å². The summed E-state index contributed by atoms with van der Waals surface area (Å²) in [5.41, 5.74) is 2.24. The van der Waals surface area contributed by atoms with Crippen molar-refractivity contribution in [3.05, 3.63) is 70.6 Å². The van der Waals surface area contributed by atoms with Crippen molar-refractivity contribution in [2.75, 3.05) is 0 Å². The van der Waals surface area contributed by atoms with Crippen LogP contribution in [-0.4, -0.2) is 10.9 Å². The van der Waals surface area contributed by atoms with Crippen LogP contribution in [0, 0.1) is 5.82 Å². The van der Waals surface area contributed by atoms with Crippen LogP contribution in [0.25, 0.3) is 10.9 Å². The Balaban J connectivity index is 1.76. The van der Waals surface area contributed by atoms with Gasteiger partial charge in [0.25, 0.3) is 5.91 Å². The van der Waals surface area contributed by atoms with Gasteiger partial charge in [-0.25, -0.2) is 4.39 Å². The summed E-state index contributed by atoms with van der Waals surface area (Å²) in [5.74, 6) is -0.656. The van der Waals surface area contributed by atoms with E-state index in [2.05, 4.69) is 10.3 Å². The number of para-hydroxylation sites is 1. The number of H-pyrrole nitrogens is 1. The van der Waals surface area contributed by atoms with Crippen LogP contribution in [0.4, 0.5) is 4.39 Å². The van der Waals surface area contributed by atoms with E-state index in [0.29, 0.717) is 12.1 Å². The minimum Gasteiger partial charge on any atom is -0.360 e. The summed E-state index contributed by atoms with van der Waals surface area (Å²) in [5, 5.41) is 3.72. The Hall–Kier alpha value is -2.33. The summed E-state index contributed by atoms with van der Waals surface area (Å²) in [6.45, 7) is 0.290. The quantitative estimate of drug-likeness (QED) is 0.757. The van der Waals surface area contributed by atoms with Crippen LogP contribution in [0.2, 0.25) is 5.02 Å². The lowest BCUT2D eigenvalue weighted by Gasteiger charge is -2.05. The number of nitrogens with one attached hydrogen (secondary N) is 2. The number of halogens is 2. The highest BCUT2D eigenvalue weighted by Crippen LogP contribution is 2.18. The molecule has 3 nitrogen and oxygen atoms in total. The van der Waals surface area contributed by atoms with Gasteiger partial charge in [0.1, 0.15) is 5.82 Å². The molecule has 0 saturated heterocycles. The standard InChI is InChI=1S/C16H12ClFN2O/c17-13-7-10(5-6-14(13)18)8-20-16(21)12-9-19-15-4-2-1-3-11(12)15/h1-7,9,19H,8H2,(H,20,21). The second-order valence-electron chi connectivity index (χ2n) is 4.68. The van der Waals surface area contributed by atoms with Crippen LogP contribution in [0.5, 0.6) is 0 Å². The van der Waals surface area contributed by atoms with E-state index < -0.39 is 5.82 Å². The first-order valence-electron chi connectivity index (χ1n) is 6.43. The number of amides is 1. The van der Waals surface area contributed by atoms with Crippen LogP contribution < -0.4 is 5.32 Å². The van der Waals surface area contributed by atoms with Crippen molar-refractivity contribution in [2.45, 2.75) is 6.54 Å². The highest BCUT2D eigenvalue weighted by molar-refractivity contribution is 6.30. The number of aromatic amines is 1. The van der Waals surface area contributed by atoms with E-state index in [1.165, 1.54) is 12.1 Å². The van der Waals surface area contributed by atoms with E-state index in [1.54, 1.807) is 12.3 Å². The summed E-state index contributed by atoms with van der Waals surface area (Å²) < 4.78 is 13.1. The van der Waals surface area contributed by atoms with Gasteiger partial charge >= 0.3 is 0 Å². The minimum absolute atomic E-state index is 0.0499. The lowest BCUT2D eigenvalue weighted by molar-refractivity contribution is 0.0952. The molecule has 0 saturated carbocycles. The molecule has 5 heteroatoms. The molecule has 0 aliphatic heterocycles. The summed E-state index contributed by atoms with van der Waals surface area (Å²) >= 11 is 5.71. The van der Waals surface area contributed by atoms with Gasteiger partial charge in [-0.1, -0.05) is 35.9 Å². The van der Waals surface area contributed by atoms with E-state index >= 15 is 0 Å². The van der Waals surface area contributed by atoms with Crippen LogP contribution in [-0.2, 0) is 6.54 Å². The lowest BCUT2D eigenvalue weighted by atomic mass is 10.1. The molecule has 0 atom stereocenters. The van der Waals surface area contributed by atoms with E-state index in [9.17, 15) is 9.18 Å². The van der Waals surface area contributed by atoms with Gasteiger partial charge in [-0.05, 0) is 23.8 Å². The first-order valence-corrected chi connectivity index (χ1v) is 6.81. The molecule has 0 aliphatic carbocycles. The minimum atomic E-state index is -0.469. The van der Waals surface area contributed by atoms with E-state index in [0.717, 1.165) is 16.5 Å². The third kappa shape index (κ3) is 2.76. The zero-order valence-electron chi connectivity index (χ0n) is 11.0. The number of rotatable bonds is 3. The first kappa shape index (κ1) is 13.6. The number of carbonyl (C=O) groups is 1. The van der Waals surface area contributed by atoms with Crippen molar-refractivity contribution in [1.29, 1.82) is 0 Å². The number of hydrogen-bond acceptors (Lipinski definition) is 1. The Labute approximate surface area is 125 Å². The zero-order valence-corrected chi connectivity index (χ0v) is 11.7. The fraction of sp³-hybridized carbons (Fsp3) is 0.0625. The van der Waals surface area contributed by atoms with Crippen molar-refractivity contribution in [3.8, 4) is 0 Å². The number of fused-ring (bicyclic) bond motifs is 1. The molecule has 0 radical (unpaired) electrons. The molecule has 1 aromatic heterocycles. The average molecular weight is 303 g/mol. The predicted octanol–water partition coefficient (Wildman–Crippen LogP) is 3.89. The molecule has 0 unspecified atom stereocenters. The monoisotopic (exact) mass is 302 g/mol. The second-order valence-corrected chi connectivity index (χ2v) is 5.09. The zero-order chi connectivity index (χ0) is 14.8. The Morgan fingerprint density at radius 2 is 2.05 bits per heavy atom. The summed E-state index contributed by atoms with van der Waals surface area (Å²) in [6.07, 6.45) is 1.68. The summed E-state index contributed by atoms with van der Waals surface area (Å²) in [7, 11) is 0. The van der Waals surface area contributed by atoms with Gasteiger partial charge in [0.05, 0.1) is 10.6 Å². The number of carbonyl (C=O) groups excluding carboxylic acids is 1. The van der Waals surface area contributed by atoms with Crippen LogP contribution in [0.3, 0.4) is 0 Å². The van der Waals surface area contributed by atoms with Gasteiger partial charge in [-0.2, -0.15) is 0 Å². The normalized spacial score (nSPS) is 10.8. The maximum atomic E-state index is 13.1. The molecule has 1 amide bonds. The van der Waals surface area contributed by atoms with Crippen LogP contribution in [0.15, 0.2) is 48.7 Å². The topological polar surface area (TPSA) is 44.9 Å². The first-order chi connectivity index (χ1) is 10.1. The number of hydrogen-bond donors (Lipinski definition) is 2. The molecule has 0 aliphatic rings. The Morgan fingerprint density at radius 1 is 1.24 bits per heavy atom. The van der Waals surface area contributed by atoms with Gasteiger partial charge in [0.15, 0.2) is 0 Å². The molecule has 0 spiro atoms. The fourth-order valence-electron chi connectivity index (χ4n) is 2.19. The van der Waals surface area contributed by atoms with Crippen molar-refractivity contribution in [1.82, 2.24) is 10.3 Å². The molecule has 3 rings (SSSR count). The third-order valence-corrected chi connectivity index (χ3v) is 3.56. The van der Waals surface area contributed by atoms with E-state index in [-0.39, 0.29) is 10.9 Å². The molecular formula is C16H12ClFN2O. The van der Waals surface area contributed by atoms with Crippen LogP contribution >= 0.6 is 11.6 Å². The largest absolute Gasteiger partial charge is 0.360 e. The smallest absolute Gasteiger partial charge is 0.253 e. The van der Waals surface area contributed by atoms with Gasteiger partial charge in [-0.3, -0.25) is 4.79 Å². The van der Waals surface area contributed by atoms with Crippen molar-refractivity contribution < 1.29 is 9.18 Å². The molecule has 106 valence electrons. The number of benzene rings is 2. The molecule has 3 aromatic rings. The van der Waals surface area contributed by atoms with Crippen molar-refractivity contribution >= 4 is 28.4 Å². The van der Waals surface area contributed by atoms with Gasteiger partial charge in [0.2, 0.25) is 0 Å². The molecule has 21 heavy (non-hydrogen) atoms. The van der Waals surface area contributed by atoms with Crippen molar-refractivity contribution in [2.24, 2.45) is 0 Å². The van der Waals surface area contributed by atoms with Gasteiger partial charge in [-0.15, -0.1) is 0 Å². The molecule has 1 heterocycles. The maximum absolute atomic E-state index is 13.1. The summed E-state index contributed by atoms with van der Waals surface area (Å²) in [4.78, 5) is 15.3. The molecule has 2 N–H and O–H groups in total. The highest BCUT2D eigenvalue weighted by atomic mass is 35.5. The highest BCUT2D eigenvalue weighted by Gasteiger charge is 2.11. The van der Waals surface area contributed by atoms with Gasteiger partial charge in [0, 0.05) is 23.6 Å². The molecule has 0 fully saturated rings. The average Bonchev–Trinajstić information content (AvgIpc) is 2.92. The van der Waals surface area contributed by atoms with Gasteiger partial charge < -0.3 is 10.3 Å². The third-order valence-electron chi connectivity index (χ3n) is 3.27. The number of aromatic nitrogens is 1. The summed E-state index contributed by atoms with van der Waals surface area (Å²) in [6, 6.07) is 12.0. The Kier molecular flexibility index (Phi) is 3.62. The maximum Gasteiger partial charge on any atom is 0.253 e. The molecule has 2 aromatic carbocycles. The molecular weight excluding hydrogens is 291 g/mol. The Morgan fingerprint density at radius 3 is 2.86 bits per heavy atom. The lowest BCUT2D eigenvalue weighted by Crippen LogP contribution is -2.22. The SMILES string of the molecule is O=C(NCc1ccc(F)c(Cl)c1)c1c[nH]c2ccccc12. The molecule has 0 bridgehead atoms.